The van der Waals surface area contributed by atoms with Crippen LogP contribution in [0.2, 0.25) is 0 Å². The minimum absolute atomic E-state index is 0.0418. The Kier molecular flexibility index (Phi) is 8.93. The topological polar surface area (TPSA) is 85.3 Å². The van der Waals surface area contributed by atoms with Gasteiger partial charge in [0.15, 0.2) is 0 Å². The maximum absolute atomic E-state index is 13.2. The molecule has 0 radical (unpaired) electrons. The zero-order valence-corrected chi connectivity index (χ0v) is 21.1. The van der Waals surface area contributed by atoms with Gasteiger partial charge in [-0.05, 0) is 56.5 Å². The summed E-state index contributed by atoms with van der Waals surface area (Å²) < 4.78 is 16.9. The molecule has 7 heteroatoms. The van der Waals surface area contributed by atoms with Crippen molar-refractivity contribution >= 4 is 17.4 Å². The first kappa shape index (κ1) is 26.3. The molecule has 0 aromatic heterocycles. The molecule has 1 N–H and O–H groups in total. The molecule has 1 unspecified atom stereocenters. The highest BCUT2D eigenvalue weighted by Crippen LogP contribution is 2.42. The van der Waals surface area contributed by atoms with Gasteiger partial charge in [-0.2, -0.15) is 0 Å². The Morgan fingerprint density at radius 2 is 1.71 bits per heavy atom. The Balaban J connectivity index is 2.00. The molecule has 0 aliphatic carbocycles. The van der Waals surface area contributed by atoms with Gasteiger partial charge in [0.05, 0.1) is 31.4 Å². The fourth-order valence-corrected chi connectivity index (χ4v) is 4.01. The number of carbonyl (C=O) groups is 2. The quantitative estimate of drug-likeness (QED) is 0.211. The number of nitrogens with zero attached hydrogens (tertiary/aromatic N) is 1. The fourth-order valence-electron chi connectivity index (χ4n) is 4.01. The molecule has 0 bridgehead atoms. The van der Waals surface area contributed by atoms with Crippen molar-refractivity contribution in [1.82, 2.24) is 4.90 Å². The Labute approximate surface area is 207 Å². The van der Waals surface area contributed by atoms with Crippen molar-refractivity contribution in [3.05, 3.63) is 65.2 Å². The van der Waals surface area contributed by atoms with Crippen LogP contribution in [0.4, 0.5) is 0 Å². The highest BCUT2D eigenvalue weighted by molar-refractivity contribution is 6.46. The normalized spacial score (nSPS) is 17.5. The summed E-state index contributed by atoms with van der Waals surface area (Å²) in [5.41, 5.74) is 1.11. The average molecular weight is 482 g/mol. The van der Waals surface area contributed by atoms with E-state index in [-0.39, 0.29) is 17.4 Å². The standard InChI is InChI=1S/C28H35NO6/c1-18(2)17-35-21-13-11-20(12-14-21)26(30)24-25(22-9-6-7-10-23(22)33-5)29(28(32)27(24)31)15-8-16-34-19(3)4/h6-7,9-14,18-19,25,30H,8,15-17H2,1-5H3/b26-24-. The molecule has 188 valence electrons. The van der Waals surface area contributed by atoms with Crippen molar-refractivity contribution in [1.29, 1.82) is 0 Å². The van der Waals surface area contributed by atoms with E-state index in [1.54, 1.807) is 30.3 Å². The van der Waals surface area contributed by atoms with Crippen LogP contribution in [0.15, 0.2) is 54.1 Å². The maximum atomic E-state index is 13.2. The summed E-state index contributed by atoms with van der Waals surface area (Å²) in [5.74, 6) is -0.0121. The number of aliphatic hydroxyl groups is 1. The first-order valence-electron chi connectivity index (χ1n) is 12.0. The Morgan fingerprint density at radius 3 is 2.34 bits per heavy atom. The molecule has 1 heterocycles. The minimum atomic E-state index is -0.776. The smallest absolute Gasteiger partial charge is 0.295 e. The van der Waals surface area contributed by atoms with Crippen molar-refractivity contribution in [2.75, 3.05) is 26.9 Å². The number of amides is 1. The van der Waals surface area contributed by atoms with Crippen LogP contribution in [-0.2, 0) is 14.3 Å². The molecule has 1 aliphatic heterocycles. The van der Waals surface area contributed by atoms with Gasteiger partial charge in [0.1, 0.15) is 17.3 Å². The van der Waals surface area contributed by atoms with Gasteiger partial charge in [0.2, 0.25) is 0 Å². The molecule has 1 atom stereocenters. The highest BCUT2D eigenvalue weighted by Gasteiger charge is 2.46. The summed E-state index contributed by atoms with van der Waals surface area (Å²) in [7, 11) is 1.54. The van der Waals surface area contributed by atoms with Gasteiger partial charge < -0.3 is 24.2 Å². The number of carbonyl (C=O) groups excluding carboxylic acids is 2. The van der Waals surface area contributed by atoms with Crippen molar-refractivity contribution < 1.29 is 28.9 Å². The van der Waals surface area contributed by atoms with Gasteiger partial charge in [-0.15, -0.1) is 0 Å². The molecular weight excluding hydrogens is 446 g/mol. The number of hydrogen-bond acceptors (Lipinski definition) is 6. The highest BCUT2D eigenvalue weighted by atomic mass is 16.5. The molecular formula is C28H35NO6. The summed E-state index contributed by atoms with van der Waals surface area (Å²) in [5, 5.41) is 11.2. The number of hydrogen-bond donors (Lipinski definition) is 1. The lowest BCUT2D eigenvalue weighted by Gasteiger charge is -2.26. The lowest BCUT2D eigenvalue weighted by Crippen LogP contribution is -2.31. The number of ether oxygens (including phenoxy) is 3. The molecule has 0 saturated carbocycles. The first-order chi connectivity index (χ1) is 16.7. The van der Waals surface area contributed by atoms with Crippen LogP contribution in [0.3, 0.4) is 0 Å². The number of likely N-dealkylation sites (tertiary alicyclic amines) is 1. The summed E-state index contributed by atoms with van der Waals surface area (Å²) >= 11 is 0. The van der Waals surface area contributed by atoms with Gasteiger partial charge in [0, 0.05) is 24.3 Å². The second-order valence-electron chi connectivity index (χ2n) is 9.24. The molecule has 2 aromatic rings. The molecule has 1 fully saturated rings. The summed E-state index contributed by atoms with van der Waals surface area (Å²) in [4.78, 5) is 27.8. The number of aliphatic hydroxyl groups excluding tert-OH is 1. The molecule has 35 heavy (non-hydrogen) atoms. The molecule has 1 saturated heterocycles. The summed E-state index contributed by atoms with van der Waals surface area (Å²) in [6.07, 6.45) is 0.626. The van der Waals surface area contributed by atoms with E-state index in [1.165, 1.54) is 12.0 Å². The third kappa shape index (κ3) is 6.22. The van der Waals surface area contributed by atoms with Crippen LogP contribution in [0.5, 0.6) is 11.5 Å². The van der Waals surface area contributed by atoms with E-state index in [1.807, 2.05) is 32.0 Å². The maximum Gasteiger partial charge on any atom is 0.295 e. The van der Waals surface area contributed by atoms with Crippen LogP contribution >= 0.6 is 0 Å². The van der Waals surface area contributed by atoms with Crippen LogP contribution in [0.25, 0.3) is 5.76 Å². The zero-order chi connectivity index (χ0) is 25.5. The third-order valence-corrected chi connectivity index (χ3v) is 5.68. The number of para-hydroxylation sites is 1. The van der Waals surface area contributed by atoms with Gasteiger partial charge >= 0.3 is 0 Å². The number of benzene rings is 2. The van der Waals surface area contributed by atoms with Crippen molar-refractivity contribution in [3.63, 3.8) is 0 Å². The Hall–Kier alpha value is -3.32. The van der Waals surface area contributed by atoms with E-state index < -0.39 is 17.7 Å². The van der Waals surface area contributed by atoms with Crippen molar-refractivity contribution in [3.8, 4) is 11.5 Å². The van der Waals surface area contributed by atoms with Crippen molar-refractivity contribution in [2.45, 2.75) is 46.3 Å². The van der Waals surface area contributed by atoms with E-state index in [0.29, 0.717) is 54.7 Å². The van der Waals surface area contributed by atoms with Crippen LogP contribution in [-0.4, -0.2) is 54.7 Å². The van der Waals surface area contributed by atoms with E-state index in [2.05, 4.69) is 13.8 Å². The first-order valence-corrected chi connectivity index (χ1v) is 12.0. The lowest BCUT2D eigenvalue weighted by molar-refractivity contribution is -0.140. The molecule has 7 nitrogen and oxygen atoms in total. The SMILES string of the molecule is COc1ccccc1C1/C(=C(/O)c2ccc(OCC(C)C)cc2)C(=O)C(=O)N1CCCOC(C)C. The number of methoxy groups -OCH3 is 1. The molecule has 3 rings (SSSR count). The average Bonchev–Trinajstić information content (AvgIpc) is 3.09. The third-order valence-electron chi connectivity index (χ3n) is 5.68. The van der Waals surface area contributed by atoms with Gasteiger partial charge in [-0.3, -0.25) is 9.59 Å². The molecule has 2 aromatic carbocycles. The zero-order valence-electron chi connectivity index (χ0n) is 21.1. The second-order valence-corrected chi connectivity index (χ2v) is 9.24. The van der Waals surface area contributed by atoms with Crippen LogP contribution in [0.1, 0.15) is 51.3 Å². The van der Waals surface area contributed by atoms with Crippen LogP contribution < -0.4 is 9.47 Å². The van der Waals surface area contributed by atoms with E-state index >= 15 is 0 Å². The Bertz CT molecular complexity index is 1060. The van der Waals surface area contributed by atoms with Gasteiger partial charge in [0.25, 0.3) is 11.7 Å². The predicted octanol–water partition coefficient (Wildman–Crippen LogP) is 4.97. The molecule has 0 spiro atoms. The summed E-state index contributed by atoms with van der Waals surface area (Å²) in [6.45, 7) is 9.35. The predicted molar refractivity (Wildman–Crippen MR) is 134 cm³/mol. The Morgan fingerprint density at radius 1 is 1.03 bits per heavy atom. The van der Waals surface area contributed by atoms with Gasteiger partial charge in [-0.25, -0.2) is 0 Å². The molecule has 1 amide bonds. The van der Waals surface area contributed by atoms with E-state index in [9.17, 15) is 14.7 Å². The lowest BCUT2D eigenvalue weighted by atomic mass is 9.94. The number of Topliss-reactive ketones (excluding diaryl/α,β-unsaturated/α-hetero) is 1. The van der Waals surface area contributed by atoms with Crippen LogP contribution in [0, 0.1) is 5.92 Å². The van der Waals surface area contributed by atoms with E-state index in [0.717, 1.165) is 0 Å². The number of rotatable bonds is 11. The fraction of sp³-hybridized carbons (Fsp3) is 0.429. The largest absolute Gasteiger partial charge is 0.507 e. The van der Waals surface area contributed by atoms with E-state index in [4.69, 9.17) is 14.2 Å². The second kappa shape index (κ2) is 11.9. The number of ketones is 1. The molecule has 1 aliphatic rings. The van der Waals surface area contributed by atoms with Gasteiger partial charge in [-0.1, -0.05) is 32.0 Å². The van der Waals surface area contributed by atoms with Crippen molar-refractivity contribution in [2.24, 2.45) is 5.92 Å². The minimum Gasteiger partial charge on any atom is -0.507 e. The monoisotopic (exact) mass is 481 g/mol. The summed E-state index contributed by atoms with van der Waals surface area (Å²) in [6, 6.07) is 13.3.